The summed E-state index contributed by atoms with van der Waals surface area (Å²) in [4.78, 5) is 2.62. The average molecular weight is 298 g/mol. The second-order valence-corrected chi connectivity index (χ2v) is 7.90. The quantitative estimate of drug-likeness (QED) is 0.843. The zero-order valence-electron chi connectivity index (χ0n) is 14.7. The van der Waals surface area contributed by atoms with Crippen LogP contribution in [-0.4, -0.2) is 62.5 Å². The highest BCUT2D eigenvalue weighted by molar-refractivity contribution is 5.05. The SMILES string of the molecule is CNC1C(CN2CCCC(COC)C2)C(C)(C)OC1(C)C. The van der Waals surface area contributed by atoms with Gasteiger partial charge in [0.1, 0.15) is 0 Å². The molecule has 21 heavy (non-hydrogen) atoms. The minimum absolute atomic E-state index is 0.0780. The monoisotopic (exact) mass is 298 g/mol. The maximum atomic E-state index is 6.35. The standard InChI is InChI=1S/C17H34N2O2/c1-16(2)14(15(18-5)17(3,4)21-16)11-19-9-7-8-13(10-19)12-20-6/h13-15,18H,7-12H2,1-6H3. The van der Waals surface area contributed by atoms with Crippen molar-refractivity contribution in [2.75, 3.05) is 40.4 Å². The second-order valence-electron chi connectivity index (χ2n) is 7.90. The van der Waals surface area contributed by atoms with Crippen molar-refractivity contribution >= 4 is 0 Å². The van der Waals surface area contributed by atoms with Crippen molar-refractivity contribution in [1.29, 1.82) is 0 Å². The molecule has 3 atom stereocenters. The number of rotatable bonds is 5. The van der Waals surface area contributed by atoms with E-state index in [9.17, 15) is 0 Å². The van der Waals surface area contributed by atoms with Crippen LogP contribution < -0.4 is 5.32 Å². The van der Waals surface area contributed by atoms with Crippen LogP contribution in [0.4, 0.5) is 0 Å². The lowest BCUT2D eigenvalue weighted by Crippen LogP contribution is -2.51. The zero-order valence-corrected chi connectivity index (χ0v) is 14.7. The topological polar surface area (TPSA) is 33.7 Å². The predicted molar refractivity (Wildman–Crippen MR) is 86.6 cm³/mol. The molecule has 0 spiro atoms. The van der Waals surface area contributed by atoms with E-state index in [-0.39, 0.29) is 11.2 Å². The van der Waals surface area contributed by atoms with Gasteiger partial charge in [0.25, 0.3) is 0 Å². The van der Waals surface area contributed by atoms with Crippen LogP contribution >= 0.6 is 0 Å². The summed E-state index contributed by atoms with van der Waals surface area (Å²) in [6.45, 7) is 13.3. The van der Waals surface area contributed by atoms with Crippen molar-refractivity contribution in [3.8, 4) is 0 Å². The lowest BCUT2D eigenvalue weighted by molar-refractivity contribution is -0.0801. The van der Waals surface area contributed by atoms with Crippen molar-refractivity contribution in [1.82, 2.24) is 10.2 Å². The fourth-order valence-electron chi connectivity index (χ4n) is 4.54. The molecule has 2 saturated heterocycles. The van der Waals surface area contributed by atoms with E-state index in [1.54, 1.807) is 0 Å². The number of hydrogen-bond acceptors (Lipinski definition) is 4. The second kappa shape index (κ2) is 6.53. The van der Waals surface area contributed by atoms with E-state index in [4.69, 9.17) is 9.47 Å². The number of likely N-dealkylation sites (N-methyl/N-ethyl adjacent to an activating group) is 1. The summed E-state index contributed by atoms with van der Waals surface area (Å²) < 4.78 is 11.7. The first-order chi connectivity index (χ1) is 9.80. The lowest BCUT2D eigenvalue weighted by Gasteiger charge is -2.38. The molecule has 0 aromatic carbocycles. The molecule has 0 saturated carbocycles. The van der Waals surface area contributed by atoms with Gasteiger partial charge in [0, 0.05) is 32.2 Å². The van der Waals surface area contributed by atoms with Crippen LogP contribution in [0, 0.1) is 11.8 Å². The highest BCUT2D eigenvalue weighted by Gasteiger charge is 2.53. The minimum Gasteiger partial charge on any atom is -0.384 e. The van der Waals surface area contributed by atoms with Crippen LogP contribution in [0.15, 0.2) is 0 Å². The van der Waals surface area contributed by atoms with Gasteiger partial charge in [-0.3, -0.25) is 0 Å². The van der Waals surface area contributed by atoms with E-state index in [0.717, 1.165) is 19.7 Å². The average Bonchev–Trinajstić information content (AvgIpc) is 2.55. The third-order valence-electron chi connectivity index (χ3n) is 5.34. The Kier molecular flexibility index (Phi) is 5.35. The Balaban J connectivity index is 2.03. The molecule has 0 aromatic heterocycles. The van der Waals surface area contributed by atoms with E-state index in [0.29, 0.717) is 17.9 Å². The van der Waals surface area contributed by atoms with Crippen LogP contribution in [0.2, 0.25) is 0 Å². The smallest absolute Gasteiger partial charge is 0.0790 e. The van der Waals surface area contributed by atoms with Crippen LogP contribution in [0.25, 0.3) is 0 Å². The van der Waals surface area contributed by atoms with Crippen molar-refractivity contribution < 1.29 is 9.47 Å². The molecule has 0 aromatic rings. The molecule has 1 N–H and O–H groups in total. The van der Waals surface area contributed by atoms with Crippen molar-refractivity contribution in [2.24, 2.45) is 11.8 Å². The van der Waals surface area contributed by atoms with Gasteiger partial charge in [-0.15, -0.1) is 0 Å². The summed E-state index contributed by atoms with van der Waals surface area (Å²) in [5.74, 6) is 1.20. The van der Waals surface area contributed by atoms with Gasteiger partial charge < -0.3 is 19.7 Å². The predicted octanol–water partition coefficient (Wildman–Crippen LogP) is 2.14. The molecule has 2 rings (SSSR count). The van der Waals surface area contributed by atoms with E-state index in [2.05, 4.69) is 45.0 Å². The first kappa shape index (κ1) is 17.2. The summed E-state index contributed by atoms with van der Waals surface area (Å²) in [5.41, 5.74) is -0.185. The molecule has 2 heterocycles. The molecule has 2 aliphatic rings. The van der Waals surface area contributed by atoms with Gasteiger partial charge >= 0.3 is 0 Å². The van der Waals surface area contributed by atoms with E-state index in [1.807, 2.05) is 7.11 Å². The molecular formula is C17H34N2O2. The molecular weight excluding hydrogens is 264 g/mol. The summed E-state index contributed by atoms with van der Waals surface area (Å²) in [6, 6.07) is 0.398. The van der Waals surface area contributed by atoms with Gasteiger partial charge in [-0.25, -0.2) is 0 Å². The molecule has 0 bridgehead atoms. The molecule has 124 valence electrons. The van der Waals surface area contributed by atoms with Crippen LogP contribution in [0.3, 0.4) is 0 Å². The molecule has 0 radical (unpaired) electrons. The van der Waals surface area contributed by atoms with Crippen molar-refractivity contribution in [3.05, 3.63) is 0 Å². The minimum atomic E-state index is -0.107. The Morgan fingerprint density at radius 1 is 1.24 bits per heavy atom. The molecule has 4 heteroatoms. The molecule has 2 fully saturated rings. The first-order valence-corrected chi connectivity index (χ1v) is 8.39. The number of methoxy groups -OCH3 is 1. The normalized spacial score (nSPS) is 36.0. The van der Waals surface area contributed by atoms with E-state index in [1.165, 1.54) is 19.4 Å². The van der Waals surface area contributed by atoms with Crippen molar-refractivity contribution in [3.63, 3.8) is 0 Å². The summed E-state index contributed by atoms with van der Waals surface area (Å²) in [5, 5.41) is 3.51. The summed E-state index contributed by atoms with van der Waals surface area (Å²) in [6.07, 6.45) is 2.59. The lowest BCUT2D eigenvalue weighted by atomic mass is 9.81. The number of hydrogen-bond donors (Lipinski definition) is 1. The van der Waals surface area contributed by atoms with Gasteiger partial charge in [-0.1, -0.05) is 0 Å². The molecule has 0 amide bonds. The van der Waals surface area contributed by atoms with Gasteiger partial charge in [0.15, 0.2) is 0 Å². The van der Waals surface area contributed by atoms with Gasteiger partial charge in [-0.05, 0) is 60.0 Å². The Morgan fingerprint density at radius 3 is 2.57 bits per heavy atom. The fraction of sp³-hybridized carbons (Fsp3) is 1.00. The van der Waals surface area contributed by atoms with E-state index >= 15 is 0 Å². The summed E-state index contributed by atoms with van der Waals surface area (Å²) >= 11 is 0. The van der Waals surface area contributed by atoms with Crippen molar-refractivity contribution in [2.45, 2.75) is 57.8 Å². The van der Waals surface area contributed by atoms with Gasteiger partial charge in [-0.2, -0.15) is 0 Å². The van der Waals surface area contributed by atoms with Crippen LogP contribution in [0.5, 0.6) is 0 Å². The Hall–Kier alpha value is -0.160. The Bertz CT molecular complexity index is 342. The number of nitrogens with one attached hydrogen (secondary N) is 1. The van der Waals surface area contributed by atoms with Gasteiger partial charge in [0.2, 0.25) is 0 Å². The highest BCUT2D eigenvalue weighted by Crippen LogP contribution is 2.42. The van der Waals surface area contributed by atoms with Crippen LogP contribution in [-0.2, 0) is 9.47 Å². The number of ether oxygens (including phenoxy) is 2. The largest absolute Gasteiger partial charge is 0.384 e. The zero-order chi connectivity index (χ0) is 15.7. The summed E-state index contributed by atoms with van der Waals surface area (Å²) in [7, 11) is 3.88. The third-order valence-corrected chi connectivity index (χ3v) is 5.34. The number of nitrogens with zero attached hydrogens (tertiary/aromatic N) is 1. The van der Waals surface area contributed by atoms with Crippen LogP contribution in [0.1, 0.15) is 40.5 Å². The maximum absolute atomic E-state index is 6.35. The Labute approximate surface area is 130 Å². The number of likely N-dealkylation sites (tertiary alicyclic amines) is 1. The molecule has 4 nitrogen and oxygen atoms in total. The number of piperidine rings is 1. The molecule has 3 unspecified atom stereocenters. The molecule has 0 aliphatic carbocycles. The maximum Gasteiger partial charge on any atom is 0.0790 e. The Morgan fingerprint density at radius 2 is 1.95 bits per heavy atom. The molecule has 2 aliphatic heterocycles. The first-order valence-electron chi connectivity index (χ1n) is 8.39. The fourth-order valence-corrected chi connectivity index (χ4v) is 4.54. The van der Waals surface area contributed by atoms with E-state index < -0.39 is 0 Å². The van der Waals surface area contributed by atoms with Gasteiger partial charge in [0.05, 0.1) is 17.8 Å². The highest BCUT2D eigenvalue weighted by atomic mass is 16.5. The third kappa shape index (κ3) is 3.79.